The maximum atomic E-state index is 11.3. The fourth-order valence-electron chi connectivity index (χ4n) is 4.60. The third-order valence-electron chi connectivity index (χ3n) is 6.38. The normalized spacial score (nSPS) is 14.1. The summed E-state index contributed by atoms with van der Waals surface area (Å²) in [6.07, 6.45) is 0. The van der Waals surface area contributed by atoms with Gasteiger partial charge in [-0.05, 0) is 80.9 Å². The summed E-state index contributed by atoms with van der Waals surface area (Å²) >= 11 is 0. The van der Waals surface area contributed by atoms with E-state index in [9.17, 15) is 10.1 Å². The van der Waals surface area contributed by atoms with Gasteiger partial charge in [-0.3, -0.25) is 10.1 Å². The molecule has 0 amide bonds. The molecule has 0 atom stereocenters. The summed E-state index contributed by atoms with van der Waals surface area (Å²) < 4.78 is 17.0. The third kappa shape index (κ3) is 4.46. The molecule has 1 heterocycles. The van der Waals surface area contributed by atoms with E-state index in [2.05, 4.69) is 18.2 Å². The zero-order valence-corrected chi connectivity index (χ0v) is 20.1. The first-order valence-electron chi connectivity index (χ1n) is 11.6. The van der Waals surface area contributed by atoms with Gasteiger partial charge in [0.1, 0.15) is 11.5 Å². The zero-order valence-electron chi connectivity index (χ0n) is 20.1. The van der Waals surface area contributed by atoms with Gasteiger partial charge >= 0.3 is 0 Å². The van der Waals surface area contributed by atoms with Crippen LogP contribution in [0.25, 0.3) is 11.1 Å². The second-order valence-corrected chi connectivity index (χ2v) is 8.46. The van der Waals surface area contributed by atoms with Crippen LogP contribution < -0.4 is 9.47 Å². The fourth-order valence-corrected chi connectivity index (χ4v) is 4.60. The van der Waals surface area contributed by atoms with Crippen LogP contribution in [0.2, 0.25) is 0 Å². The van der Waals surface area contributed by atoms with Gasteiger partial charge in [0.05, 0.1) is 32.4 Å². The summed E-state index contributed by atoms with van der Waals surface area (Å²) in [7, 11) is 3.29. The van der Waals surface area contributed by atoms with Gasteiger partial charge in [0, 0.05) is 12.1 Å². The Morgan fingerprint density at radius 3 is 2.00 bits per heavy atom. The Morgan fingerprint density at radius 1 is 0.750 bits per heavy atom. The van der Waals surface area contributed by atoms with Crippen LogP contribution in [0.3, 0.4) is 0 Å². The van der Waals surface area contributed by atoms with Crippen molar-refractivity contribution in [2.45, 2.75) is 13.2 Å². The molecule has 0 aliphatic carbocycles. The van der Waals surface area contributed by atoms with Crippen molar-refractivity contribution in [3.8, 4) is 11.5 Å². The van der Waals surface area contributed by atoms with E-state index in [1.54, 1.807) is 26.4 Å². The van der Waals surface area contributed by atoms with Crippen LogP contribution in [0.1, 0.15) is 33.4 Å². The van der Waals surface area contributed by atoms with E-state index in [1.165, 1.54) is 0 Å². The minimum atomic E-state index is -0.381. The van der Waals surface area contributed by atoms with Gasteiger partial charge in [-0.15, -0.1) is 0 Å². The second kappa shape index (κ2) is 10.1. The Hall–Kier alpha value is -4.42. The van der Waals surface area contributed by atoms with Crippen LogP contribution >= 0.6 is 0 Å². The van der Waals surface area contributed by atoms with E-state index < -0.39 is 0 Å². The molecule has 5 rings (SSSR count). The molecule has 0 unspecified atom stereocenters. The summed E-state index contributed by atoms with van der Waals surface area (Å²) in [5.74, 6) is 1.51. The van der Waals surface area contributed by atoms with Crippen molar-refractivity contribution in [1.82, 2.24) is 0 Å². The van der Waals surface area contributed by atoms with E-state index in [0.29, 0.717) is 13.2 Å². The highest BCUT2D eigenvalue weighted by atomic mass is 16.6. The highest BCUT2D eigenvalue weighted by molar-refractivity contribution is 6.05. The van der Waals surface area contributed by atoms with Crippen molar-refractivity contribution in [1.29, 1.82) is 0 Å². The Labute approximate surface area is 209 Å². The van der Waals surface area contributed by atoms with Crippen LogP contribution in [0.5, 0.6) is 11.5 Å². The monoisotopic (exact) mass is 479 g/mol. The van der Waals surface area contributed by atoms with Crippen molar-refractivity contribution in [2.75, 3.05) is 14.2 Å². The molecule has 0 spiro atoms. The van der Waals surface area contributed by atoms with Gasteiger partial charge in [0.15, 0.2) is 0 Å². The number of nitrogens with zero attached hydrogens (tertiary/aromatic N) is 1. The van der Waals surface area contributed by atoms with Gasteiger partial charge in [-0.2, -0.15) is 0 Å². The van der Waals surface area contributed by atoms with E-state index in [-0.39, 0.29) is 10.6 Å². The number of non-ortho nitro benzene ring substituents is 1. The van der Waals surface area contributed by atoms with E-state index >= 15 is 0 Å². The average molecular weight is 480 g/mol. The number of hydrogen-bond acceptors (Lipinski definition) is 5. The predicted molar refractivity (Wildman–Crippen MR) is 139 cm³/mol. The summed E-state index contributed by atoms with van der Waals surface area (Å²) in [6, 6.07) is 28.8. The fraction of sp³-hybridized carbons (Fsp3) is 0.133. The Morgan fingerprint density at radius 2 is 1.33 bits per heavy atom. The first kappa shape index (κ1) is 23.3. The topological polar surface area (TPSA) is 70.8 Å². The molecule has 0 fully saturated rings. The van der Waals surface area contributed by atoms with Crippen molar-refractivity contribution in [3.05, 3.63) is 134 Å². The first-order valence-corrected chi connectivity index (χ1v) is 11.6. The van der Waals surface area contributed by atoms with Gasteiger partial charge in [-0.25, -0.2) is 0 Å². The Balaban J connectivity index is 1.88. The second-order valence-electron chi connectivity index (χ2n) is 8.46. The van der Waals surface area contributed by atoms with Crippen LogP contribution in [-0.2, 0) is 18.0 Å². The molecule has 4 aromatic rings. The summed E-state index contributed by atoms with van der Waals surface area (Å²) in [5.41, 5.74) is 8.04. The Bertz CT molecular complexity index is 1440. The number of benzene rings is 4. The molecule has 0 radical (unpaired) electrons. The smallest absolute Gasteiger partial charge is 0.269 e. The Kier molecular flexibility index (Phi) is 6.52. The van der Waals surface area contributed by atoms with Gasteiger partial charge in [-0.1, -0.05) is 42.5 Å². The lowest BCUT2D eigenvalue weighted by Crippen LogP contribution is -2.09. The van der Waals surface area contributed by atoms with Crippen molar-refractivity contribution < 1.29 is 19.1 Å². The maximum Gasteiger partial charge on any atom is 0.269 e. The predicted octanol–water partition coefficient (Wildman–Crippen LogP) is 6.65. The summed E-state index contributed by atoms with van der Waals surface area (Å²) in [6.45, 7) is 0.896. The molecular weight excluding hydrogens is 454 g/mol. The highest BCUT2D eigenvalue weighted by Gasteiger charge is 2.23. The maximum absolute atomic E-state index is 11.3. The summed E-state index contributed by atoms with van der Waals surface area (Å²) in [4.78, 5) is 11.0. The number of methoxy groups -OCH3 is 2. The van der Waals surface area contributed by atoms with Crippen LogP contribution in [-0.4, -0.2) is 19.1 Å². The molecule has 4 aromatic carbocycles. The van der Waals surface area contributed by atoms with Crippen LogP contribution in [0.4, 0.5) is 5.69 Å². The lowest BCUT2D eigenvalue weighted by atomic mass is 9.82. The molecule has 1 aliphatic heterocycles. The van der Waals surface area contributed by atoms with E-state index in [0.717, 1.165) is 56.0 Å². The van der Waals surface area contributed by atoms with Crippen molar-refractivity contribution >= 4 is 16.8 Å². The largest absolute Gasteiger partial charge is 0.497 e. The zero-order chi connectivity index (χ0) is 25.1. The number of rotatable bonds is 5. The van der Waals surface area contributed by atoms with Crippen LogP contribution in [0, 0.1) is 10.1 Å². The lowest BCUT2D eigenvalue weighted by Gasteiger charge is -2.25. The lowest BCUT2D eigenvalue weighted by molar-refractivity contribution is -0.384. The quantitative estimate of drug-likeness (QED) is 0.237. The number of nitro groups is 1. The highest BCUT2D eigenvalue weighted by Crippen LogP contribution is 2.42. The number of nitro benzene ring substituents is 1. The number of hydrogen-bond donors (Lipinski definition) is 0. The summed E-state index contributed by atoms with van der Waals surface area (Å²) in [5, 5.41) is 11.3. The molecule has 0 bridgehead atoms. The molecule has 0 saturated carbocycles. The van der Waals surface area contributed by atoms with Gasteiger partial charge in [0.25, 0.3) is 5.69 Å². The average Bonchev–Trinajstić information content (AvgIpc) is 2.91. The molecule has 180 valence electrons. The standard InChI is InChI=1S/C30H25NO5/c1-34-25-13-9-21(10-14-25)29(20-7-11-24(12-8-20)31(32)33)30-27-6-4-3-5-22(27)18-36-19-23-17-26(35-2)15-16-28(23)30/h3-17H,18-19H2,1-2H3/b30-29-. The molecule has 6 nitrogen and oxygen atoms in total. The molecule has 6 heteroatoms. The molecule has 1 aliphatic rings. The molecule has 0 aromatic heterocycles. The molecule has 0 saturated heterocycles. The first-order chi connectivity index (χ1) is 17.6. The molecule has 36 heavy (non-hydrogen) atoms. The number of ether oxygens (including phenoxy) is 3. The SMILES string of the molecule is COc1ccc(/C(=C2/c3ccccc3COCc3cc(OC)ccc32)c2ccc([N+](=O)[O-])cc2)cc1. The number of fused-ring (bicyclic) bond motifs is 2. The third-order valence-corrected chi connectivity index (χ3v) is 6.38. The molecular formula is C30H25NO5. The minimum Gasteiger partial charge on any atom is -0.497 e. The van der Waals surface area contributed by atoms with Crippen LogP contribution in [0.15, 0.2) is 91.0 Å². The molecule has 0 N–H and O–H groups in total. The minimum absolute atomic E-state index is 0.0504. The van der Waals surface area contributed by atoms with Crippen molar-refractivity contribution in [2.24, 2.45) is 0 Å². The van der Waals surface area contributed by atoms with Gasteiger partial charge < -0.3 is 14.2 Å². The van der Waals surface area contributed by atoms with E-state index in [1.807, 2.05) is 60.7 Å². The van der Waals surface area contributed by atoms with Gasteiger partial charge in [0.2, 0.25) is 0 Å². The van der Waals surface area contributed by atoms with Crippen molar-refractivity contribution in [3.63, 3.8) is 0 Å². The van der Waals surface area contributed by atoms with E-state index in [4.69, 9.17) is 14.2 Å².